The zero-order valence-corrected chi connectivity index (χ0v) is 7.88. The van der Waals surface area contributed by atoms with Gasteiger partial charge in [-0.2, -0.15) is 5.90 Å². The third-order valence-corrected chi connectivity index (χ3v) is 1.67. The number of hydrogen-bond acceptors (Lipinski definition) is 6. The van der Waals surface area contributed by atoms with E-state index in [1.54, 1.807) is 7.05 Å². The third kappa shape index (κ3) is 5.53. The van der Waals surface area contributed by atoms with Gasteiger partial charge in [-0.3, -0.25) is 5.43 Å². The van der Waals surface area contributed by atoms with Crippen molar-refractivity contribution in [2.75, 3.05) is 13.6 Å². The van der Waals surface area contributed by atoms with Crippen molar-refractivity contribution in [1.82, 2.24) is 10.9 Å². The van der Waals surface area contributed by atoms with Gasteiger partial charge in [-0.1, -0.05) is 0 Å². The van der Waals surface area contributed by atoms with Gasteiger partial charge in [0.2, 0.25) is 0 Å². The average molecular weight is 190 g/mol. The number of hydrazine groups is 1. The van der Waals surface area contributed by atoms with Gasteiger partial charge in [0.1, 0.15) is 6.04 Å². The Hall–Kier alpha value is -0.690. The summed E-state index contributed by atoms with van der Waals surface area (Å²) in [5.41, 5.74) is 10.7. The first-order valence-electron chi connectivity index (χ1n) is 4.29. The summed E-state index contributed by atoms with van der Waals surface area (Å²) in [4.78, 5) is 15.1. The topological polar surface area (TPSA) is 102 Å². The van der Waals surface area contributed by atoms with Gasteiger partial charge in [0.05, 0.1) is 0 Å². The number of nitrogens with two attached hydrogens (primary N) is 2. The minimum Gasteiger partial charge on any atom is -0.372 e. The molecule has 0 rings (SSSR count). The summed E-state index contributed by atoms with van der Waals surface area (Å²) in [7, 11) is 1.68. The second-order valence-corrected chi connectivity index (χ2v) is 2.67. The molecule has 0 unspecified atom stereocenters. The molecule has 0 bridgehead atoms. The summed E-state index contributed by atoms with van der Waals surface area (Å²) >= 11 is 0. The number of carbonyl (C=O) groups excluding carboxylic acids is 1. The van der Waals surface area contributed by atoms with E-state index in [0.29, 0.717) is 13.0 Å². The molecule has 0 aromatic rings. The molecule has 0 heterocycles. The third-order valence-electron chi connectivity index (χ3n) is 1.67. The molecule has 0 saturated heterocycles. The van der Waals surface area contributed by atoms with Crippen LogP contribution in [0.3, 0.4) is 0 Å². The Morgan fingerprint density at radius 1 is 1.54 bits per heavy atom. The van der Waals surface area contributed by atoms with Crippen molar-refractivity contribution in [3.05, 3.63) is 0 Å². The van der Waals surface area contributed by atoms with E-state index in [4.69, 9.17) is 11.6 Å². The molecule has 0 aromatic carbocycles. The minimum atomic E-state index is -0.466. The normalized spacial score (nSPS) is 12.5. The zero-order valence-electron chi connectivity index (χ0n) is 7.88. The molecule has 0 aliphatic carbocycles. The Bertz CT molecular complexity index is 142. The van der Waals surface area contributed by atoms with Crippen molar-refractivity contribution in [3.63, 3.8) is 0 Å². The van der Waals surface area contributed by atoms with E-state index in [9.17, 15) is 4.79 Å². The summed E-state index contributed by atoms with van der Waals surface area (Å²) in [6.07, 6.45) is 2.42. The average Bonchev–Trinajstić information content (AvgIpc) is 2.16. The quantitative estimate of drug-likeness (QED) is 0.291. The largest absolute Gasteiger partial charge is 0.372 e. The molecule has 6 nitrogen and oxygen atoms in total. The SMILES string of the molecule is CNN[C@@H](CCCCN)C(=O)ON. The van der Waals surface area contributed by atoms with Crippen LogP contribution in [0, 0.1) is 0 Å². The molecule has 13 heavy (non-hydrogen) atoms. The molecule has 0 aromatic heterocycles. The summed E-state index contributed by atoms with van der Waals surface area (Å²) in [5, 5.41) is 0. The molecule has 0 radical (unpaired) electrons. The van der Waals surface area contributed by atoms with Crippen LogP contribution in [0.5, 0.6) is 0 Å². The number of rotatable bonds is 7. The van der Waals surface area contributed by atoms with Crippen molar-refractivity contribution in [3.8, 4) is 0 Å². The number of nitrogens with one attached hydrogen (secondary N) is 2. The first-order valence-corrected chi connectivity index (χ1v) is 4.29. The first kappa shape index (κ1) is 12.3. The van der Waals surface area contributed by atoms with Crippen molar-refractivity contribution >= 4 is 5.97 Å². The highest BCUT2D eigenvalue weighted by atomic mass is 16.7. The lowest BCUT2D eigenvalue weighted by Gasteiger charge is -2.14. The Balaban J connectivity index is 3.73. The molecule has 6 heteroatoms. The van der Waals surface area contributed by atoms with Crippen LogP contribution in [0.4, 0.5) is 0 Å². The highest BCUT2D eigenvalue weighted by Gasteiger charge is 2.17. The number of unbranched alkanes of at least 4 members (excludes halogenated alkanes) is 1. The lowest BCUT2D eigenvalue weighted by atomic mass is 10.1. The molecule has 0 aliphatic heterocycles. The highest BCUT2D eigenvalue weighted by Crippen LogP contribution is 2.00. The Morgan fingerprint density at radius 2 is 2.23 bits per heavy atom. The summed E-state index contributed by atoms with van der Waals surface area (Å²) in [6.45, 7) is 0.629. The van der Waals surface area contributed by atoms with Crippen LogP contribution in [0.15, 0.2) is 0 Å². The minimum absolute atomic E-state index is 0.401. The second kappa shape index (κ2) is 7.93. The van der Waals surface area contributed by atoms with Gasteiger partial charge >= 0.3 is 5.97 Å². The molecule has 6 N–H and O–H groups in total. The summed E-state index contributed by atoms with van der Waals surface area (Å²) in [6, 6.07) is -0.401. The van der Waals surface area contributed by atoms with Gasteiger partial charge < -0.3 is 10.6 Å². The smallest absolute Gasteiger partial charge is 0.342 e. The van der Waals surface area contributed by atoms with Crippen LogP contribution < -0.4 is 22.5 Å². The molecule has 0 saturated carbocycles. The fraction of sp³-hybridized carbons (Fsp3) is 0.857. The summed E-state index contributed by atoms with van der Waals surface area (Å²) < 4.78 is 0. The Morgan fingerprint density at radius 3 is 2.69 bits per heavy atom. The van der Waals surface area contributed by atoms with E-state index in [-0.39, 0.29) is 0 Å². The Kier molecular flexibility index (Phi) is 7.51. The summed E-state index contributed by atoms with van der Waals surface area (Å²) in [5.74, 6) is 4.30. The molecule has 1 atom stereocenters. The van der Waals surface area contributed by atoms with Crippen LogP contribution in [-0.4, -0.2) is 25.6 Å². The molecular formula is C7H18N4O2. The zero-order chi connectivity index (χ0) is 10.1. The van der Waals surface area contributed by atoms with Crippen molar-refractivity contribution < 1.29 is 9.63 Å². The van der Waals surface area contributed by atoms with E-state index in [1.165, 1.54) is 0 Å². The maximum absolute atomic E-state index is 11.0. The Labute approximate surface area is 77.9 Å². The molecule has 78 valence electrons. The fourth-order valence-corrected chi connectivity index (χ4v) is 0.998. The molecule has 0 spiro atoms. The predicted molar refractivity (Wildman–Crippen MR) is 49.2 cm³/mol. The second-order valence-electron chi connectivity index (χ2n) is 2.67. The maximum Gasteiger partial charge on any atom is 0.342 e. The molecule has 0 amide bonds. The molecule has 0 fully saturated rings. The van der Waals surface area contributed by atoms with E-state index in [2.05, 4.69) is 15.7 Å². The van der Waals surface area contributed by atoms with Gasteiger partial charge in [0, 0.05) is 0 Å². The number of hydrogen-bond donors (Lipinski definition) is 4. The standard InChI is InChI=1S/C7H18N4O2/c1-10-11-6(7(12)13-9)4-2-3-5-8/h6,10-11H,2-5,8-9H2,1H3/t6-/m0/s1. The van der Waals surface area contributed by atoms with E-state index < -0.39 is 12.0 Å². The molecule has 0 aliphatic rings. The van der Waals surface area contributed by atoms with Crippen LogP contribution in [-0.2, 0) is 9.63 Å². The van der Waals surface area contributed by atoms with Crippen molar-refractivity contribution in [2.45, 2.75) is 25.3 Å². The van der Waals surface area contributed by atoms with E-state index >= 15 is 0 Å². The van der Waals surface area contributed by atoms with Gasteiger partial charge in [0.15, 0.2) is 0 Å². The van der Waals surface area contributed by atoms with Crippen molar-refractivity contribution in [2.24, 2.45) is 11.6 Å². The van der Waals surface area contributed by atoms with Crippen LogP contribution in [0.1, 0.15) is 19.3 Å². The van der Waals surface area contributed by atoms with Gasteiger partial charge in [-0.15, -0.1) is 0 Å². The van der Waals surface area contributed by atoms with E-state index in [0.717, 1.165) is 12.8 Å². The van der Waals surface area contributed by atoms with Gasteiger partial charge in [0.25, 0.3) is 0 Å². The first-order chi connectivity index (χ1) is 6.26. The fourth-order valence-electron chi connectivity index (χ4n) is 0.998. The van der Waals surface area contributed by atoms with Crippen LogP contribution in [0.25, 0.3) is 0 Å². The maximum atomic E-state index is 11.0. The van der Waals surface area contributed by atoms with Crippen LogP contribution >= 0.6 is 0 Å². The molecular weight excluding hydrogens is 172 g/mol. The van der Waals surface area contributed by atoms with E-state index in [1.807, 2.05) is 0 Å². The monoisotopic (exact) mass is 190 g/mol. The van der Waals surface area contributed by atoms with Gasteiger partial charge in [-0.05, 0) is 32.9 Å². The van der Waals surface area contributed by atoms with Crippen LogP contribution in [0.2, 0.25) is 0 Å². The lowest BCUT2D eigenvalue weighted by molar-refractivity contribution is -0.147. The lowest BCUT2D eigenvalue weighted by Crippen LogP contribution is -2.45. The highest BCUT2D eigenvalue weighted by molar-refractivity contribution is 5.75. The predicted octanol–water partition coefficient (Wildman–Crippen LogP) is -1.38. The van der Waals surface area contributed by atoms with Gasteiger partial charge in [-0.25, -0.2) is 10.2 Å². The van der Waals surface area contributed by atoms with Crippen molar-refractivity contribution in [1.29, 1.82) is 0 Å². The number of carbonyl (C=O) groups is 1.